The fourth-order valence-electron chi connectivity index (χ4n) is 3.89. The van der Waals surface area contributed by atoms with Crippen LogP contribution in [0.3, 0.4) is 0 Å². The van der Waals surface area contributed by atoms with Gasteiger partial charge in [-0.1, -0.05) is 31.2 Å². The quantitative estimate of drug-likeness (QED) is 0.931. The molecule has 1 atom stereocenters. The maximum atomic E-state index is 12.9. The average molecular weight is 339 g/mol. The Labute approximate surface area is 148 Å². The van der Waals surface area contributed by atoms with E-state index in [1.54, 1.807) is 0 Å². The lowest BCUT2D eigenvalue weighted by Gasteiger charge is -2.37. The van der Waals surface area contributed by atoms with Crippen molar-refractivity contribution in [3.05, 3.63) is 62.8 Å². The Bertz CT molecular complexity index is 815. The van der Waals surface area contributed by atoms with Crippen LogP contribution in [0.25, 0.3) is 0 Å². The van der Waals surface area contributed by atoms with E-state index in [-0.39, 0.29) is 17.6 Å². The molecule has 0 unspecified atom stereocenters. The first kappa shape index (κ1) is 17.4. The predicted molar refractivity (Wildman–Crippen MR) is 97.5 cm³/mol. The first-order valence-corrected chi connectivity index (χ1v) is 8.95. The highest BCUT2D eigenvalue weighted by Gasteiger charge is 2.29. The average Bonchev–Trinajstić information content (AvgIpc) is 2.59. The minimum Gasteiger partial charge on any atom is -0.335 e. The van der Waals surface area contributed by atoms with Gasteiger partial charge in [-0.05, 0) is 49.8 Å². The molecule has 3 rings (SSSR count). The number of rotatable bonds is 4. The second-order valence-electron chi connectivity index (χ2n) is 6.69. The Balaban J connectivity index is 1.75. The Hall–Kier alpha value is -2.43. The van der Waals surface area contributed by atoms with Crippen LogP contribution in [0.15, 0.2) is 29.1 Å². The molecule has 5 nitrogen and oxygen atoms in total. The van der Waals surface area contributed by atoms with Gasteiger partial charge in [0.1, 0.15) is 0 Å². The topological polar surface area (TPSA) is 66.1 Å². The number of benzene rings is 1. The number of nitrogens with zero attached hydrogens (tertiary/aromatic N) is 2. The number of aromatic amines is 1. The van der Waals surface area contributed by atoms with Crippen molar-refractivity contribution in [2.45, 2.75) is 52.5 Å². The van der Waals surface area contributed by atoms with E-state index in [9.17, 15) is 9.59 Å². The zero-order valence-corrected chi connectivity index (χ0v) is 15.1. The molecule has 1 amide bonds. The molecule has 2 aromatic rings. The number of aromatic nitrogens is 2. The predicted octanol–water partition coefficient (Wildman–Crippen LogP) is 2.86. The molecule has 132 valence electrons. The van der Waals surface area contributed by atoms with Gasteiger partial charge in [0.2, 0.25) is 5.91 Å². The molecule has 0 aliphatic carbocycles. The number of nitrogens with one attached hydrogen (secondary N) is 1. The van der Waals surface area contributed by atoms with Gasteiger partial charge in [-0.15, -0.1) is 0 Å². The summed E-state index contributed by atoms with van der Waals surface area (Å²) in [5.74, 6) is 0.173. The van der Waals surface area contributed by atoms with Gasteiger partial charge >= 0.3 is 5.69 Å². The van der Waals surface area contributed by atoms with Crippen molar-refractivity contribution >= 4 is 5.91 Å². The molecular weight excluding hydrogens is 314 g/mol. The fourth-order valence-corrected chi connectivity index (χ4v) is 3.89. The van der Waals surface area contributed by atoms with Gasteiger partial charge in [-0.3, -0.25) is 4.79 Å². The third-order valence-corrected chi connectivity index (χ3v) is 5.16. The number of hydrogen-bond acceptors (Lipinski definition) is 3. The second kappa shape index (κ2) is 7.21. The van der Waals surface area contributed by atoms with Gasteiger partial charge in [0.05, 0.1) is 6.04 Å². The number of H-pyrrole nitrogens is 1. The van der Waals surface area contributed by atoms with Gasteiger partial charge in [-0.2, -0.15) is 4.98 Å². The number of amides is 1. The third kappa shape index (κ3) is 3.50. The van der Waals surface area contributed by atoms with Crippen molar-refractivity contribution in [3.63, 3.8) is 0 Å². The monoisotopic (exact) mass is 339 g/mol. The molecule has 0 fully saturated rings. The van der Waals surface area contributed by atoms with Gasteiger partial charge in [-0.25, -0.2) is 4.79 Å². The summed E-state index contributed by atoms with van der Waals surface area (Å²) < 4.78 is 0. The van der Waals surface area contributed by atoms with E-state index < -0.39 is 0 Å². The largest absolute Gasteiger partial charge is 0.345 e. The van der Waals surface area contributed by atoms with Crippen molar-refractivity contribution in [3.8, 4) is 0 Å². The smallest absolute Gasteiger partial charge is 0.335 e. The molecule has 5 heteroatoms. The zero-order valence-electron chi connectivity index (χ0n) is 15.1. The SMILES string of the molecule is CC[C@H]1c2ccccc2CCN1C(=O)CCc1c(C)nc(=O)[nH]c1C. The van der Waals surface area contributed by atoms with Crippen LogP contribution in [0.1, 0.15) is 53.9 Å². The van der Waals surface area contributed by atoms with Crippen LogP contribution in [-0.4, -0.2) is 27.3 Å². The summed E-state index contributed by atoms with van der Waals surface area (Å²) in [6.07, 6.45) is 2.88. The van der Waals surface area contributed by atoms with Gasteiger partial charge in [0.25, 0.3) is 0 Å². The summed E-state index contributed by atoms with van der Waals surface area (Å²) in [5.41, 5.74) is 4.80. The molecule has 2 heterocycles. The summed E-state index contributed by atoms with van der Waals surface area (Å²) >= 11 is 0. The van der Waals surface area contributed by atoms with Gasteiger partial charge in [0, 0.05) is 24.4 Å². The van der Waals surface area contributed by atoms with E-state index in [0.29, 0.717) is 18.5 Å². The Kier molecular flexibility index (Phi) is 5.02. The molecule has 0 saturated carbocycles. The van der Waals surface area contributed by atoms with Crippen LogP contribution in [0.2, 0.25) is 0 Å². The van der Waals surface area contributed by atoms with Crippen molar-refractivity contribution in [1.82, 2.24) is 14.9 Å². The highest BCUT2D eigenvalue weighted by molar-refractivity contribution is 5.77. The standard InChI is InChI=1S/C20H25N3O2/c1-4-18-17-8-6-5-7-15(17)11-12-23(18)19(24)10-9-16-13(2)21-20(25)22-14(16)3/h5-8,18H,4,9-12H2,1-3H3,(H,21,22,25)/t18-/m0/s1. The van der Waals surface area contributed by atoms with Gasteiger partial charge in [0.15, 0.2) is 0 Å². The van der Waals surface area contributed by atoms with Crippen LogP contribution >= 0.6 is 0 Å². The van der Waals surface area contributed by atoms with E-state index in [4.69, 9.17) is 0 Å². The molecule has 1 N–H and O–H groups in total. The Morgan fingerprint density at radius 3 is 2.80 bits per heavy atom. The lowest BCUT2D eigenvalue weighted by molar-refractivity contribution is -0.134. The van der Waals surface area contributed by atoms with Crippen molar-refractivity contribution in [1.29, 1.82) is 0 Å². The lowest BCUT2D eigenvalue weighted by atomic mass is 9.90. The molecule has 1 aromatic carbocycles. The molecule has 0 bridgehead atoms. The van der Waals surface area contributed by atoms with E-state index in [2.05, 4.69) is 35.1 Å². The lowest BCUT2D eigenvalue weighted by Crippen LogP contribution is -2.40. The van der Waals surface area contributed by atoms with Crippen molar-refractivity contribution in [2.75, 3.05) is 6.54 Å². The molecule has 0 spiro atoms. The van der Waals surface area contributed by atoms with Crippen LogP contribution in [0.4, 0.5) is 0 Å². The molecule has 25 heavy (non-hydrogen) atoms. The number of aryl methyl sites for hydroxylation is 2. The van der Waals surface area contributed by atoms with E-state index in [1.165, 1.54) is 11.1 Å². The zero-order chi connectivity index (χ0) is 18.0. The maximum Gasteiger partial charge on any atom is 0.345 e. The minimum atomic E-state index is -0.330. The summed E-state index contributed by atoms with van der Waals surface area (Å²) in [6, 6.07) is 8.58. The fraction of sp³-hybridized carbons (Fsp3) is 0.450. The normalized spacial score (nSPS) is 16.6. The summed E-state index contributed by atoms with van der Waals surface area (Å²) in [4.78, 5) is 33.0. The Morgan fingerprint density at radius 2 is 2.08 bits per heavy atom. The summed E-state index contributed by atoms with van der Waals surface area (Å²) in [6.45, 7) is 6.60. The third-order valence-electron chi connectivity index (χ3n) is 5.16. The molecule has 0 radical (unpaired) electrons. The van der Waals surface area contributed by atoms with Crippen molar-refractivity contribution < 1.29 is 4.79 Å². The summed E-state index contributed by atoms with van der Waals surface area (Å²) in [7, 11) is 0. The minimum absolute atomic E-state index is 0.161. The van der Waals surface area contributed by atoms with Crippen LogP contribution in [0, 0.1) is 13.8 Å². The molecule has 0 saturated heterocycles. The summed E-state index contributed by atoms with van der Waals surface area (Å²) in [5, 5.41) is 0. The molecule has 1 aliphatic heterocycles. The highest BCUT2D eigenvalue weighted by Crippen LogP contribution is 2.32. The number of hydrogen-bond donors (Lipinski definition) is 1. The van der Waals surface area contributed by atoms with Crippen LogP contribution < -0.4 is 5.69 Å². The maximum absolute atomic E-state index is 12.9. The Morgan fingerprint density at radius 1 is 1.32 bits per heavy atom. The first-order valence-electron chi connectivity index (χ1n) is 8.95. The van der Waals surface area contributed by atoms with E-state index in [0.717, 1.165) is 30.6 Å². The molecular formula is C20H25N3O2. The van der Waals surface area contributed by atoms with Crippen LogP contribution in [0.5, 0.6) is 0 Å². The molecule has 1 aliphatic rings. The molecule has 1 aromatic heterocycles. The van der Waals surface area contributed by atoms with Crippen molar-refractivity contribution in [2.24, 2.45) is 0 Å². The van der Waals surface area contributed by atoms with Crippen LogP contribution in [-0.2, 0) is 17.6 Å². The number of fused-ring (bicyclic) bond motifs is 1. The van der Waals surface area contributed by atoms with E-state index in [1.807, 2.05) is 24.8 Å². The second-order valence-corrected chi connectivity index (χ2v) is 6.69. The highest BCUT2D eigenvalue weighted by atomic mass is 16.2. The number of carbonyl (C=O) groups is 1. The van der Waals surface area contributed by atoms with Gasteiger partial charge < -0.3 is 9.88 Å². The first-order chi connectivity index (χ1) is 12.0. The van der Waals surface area contributed by atoms with E-state index >= 15 is 0 Å². The number of carbonyl (C=O) groups excluding carboxylic acids is 1.